The highest BCUT2D eigenvalue weighted by Crippen LogP contribution is 2.34. The van der Waals surface area contributed by atoms with Crippen molar-refractivity contribution in [3.05, 3.63) is 35.9 Å². The maximum absolute atomic E-state index is 9.62. The van der Waals surface area contributed by atoms with Gasteiger partial charge in [0.05, 0.1) is 13.2 Å². The molecule has 1 unspecified atom stereocenters. The summed E-state index contributed by atoms with van der Waals surface area (Å²) in [6, 6.07) is 10.3. The van der Waals surface area contributed by atoms with Crippen molar-refractivity contribution in [3.63, 3.8) is 0 Å². The molecule has 1 fully saturated rings. The summed E-state index contributed by atoms with van der Waals surface area (Å²) in [7, 11) is 1.60. The summed E-state index contributed by atoms with van der Waals surface area (Å²) >= 11 is 0. The Morgan fingerprint density at radius 3 is 2.64 bits per heavy atom. The Kier molecular flexibility index (Phi) is 2.82. The molecule has 0 radical (unpaired) electrons. The van der Waals surface area contributed by atoms with E-state index >= 15 is 0 Å². The van der Waals surface area contributed by atoms with E-state index in [1.165, 1.54) is 5.56 Å². The van der Waals surface area contributed by atoms with E-state index < -0.39 is 6.23 Å². The molecule has 3 heteroatoms. The molecule has 0 aromatic heterocycles. The summed E-state index contributed by atoms with van der Waals surface area (Å²) in [5, 5.41) is 11.3. The molecule has 1 aliphatic heterocycles. The van der Waals surface area contributed by atoms with Gasteiger partial charge >= 0.3 is 0 Å². The fraction of sp³-hybridized carbons (Fsp3) is 0.455. The summed E-state index contributed by atoms with van der Waals surface area (Å²) < 4.78 is 0. The molecule has 14 heavy (non-hydrogen) atoms. The Morgan fingerprint density at radius 2 is 2.00 bits per heavy atom. The topological polar surface area (TPSA) is 32.7 Å². The molecule has 0 aliphatic carbocycles. The van der Waals surface area contributed by atoms with Gasteiger partial charge in [0.1, 0.15) is 6.23 Å². The van der Waals surface area contributed by atoms with Crippen molar-refractivity contribution in [1.82, 2.24) is 5.06 Å². The lowest BCUT2D eigenvalue weighted by atomic mass is 10.1. The van der Waals surface area contributed by atoms with E-state index in [0.717, 1.165) is 12.8 Å². The average Bonchev–Trinajstić information content (AvgIpc) is 2.61. The van der Waals surface area contributed by atoms with E-state index in [2.05, 4.69) is 12.1 Å². The second-order valence-electron chi connectivity index (χ2n) is 3.53. The second-order valence-corrected chi connectivity index (χ2v) is 3.53. The Hall–Kier alpha value is -0.900. The minimum atomic E-state index is -0.467. The van der Waals surface area contributed by atoms with Crippen molar-refractivity contribution in [1.29, 1.82) is 0 Å². The molecular weight excluding hydrogens is 178 g/mol. The van der Waals surface area contributed by atoms with Crippen molar-refractivity contribution >= 4 is 0 Å². The van der Waals surface area contributed by atoms with Crippen molar-refractivity contribution < 1.29 is 9.94 Å². The third kappa shape index (κ3) is 1.66. The maximum atomic E-state index is 9.62. The molecule has 0 spiro atoms. The first-order chi connectivity index (χ1) is 6.83. The van der Waals surface area contributed by atoms with Crippen LogP contribution >= 0.6 is 0 Å². The van der Waals surface area contributed by atoms with Gasteiger partial charge in [0.2, 0.25) is 0 Å². The molecule has 0 saturated carbocycles. The lowest BCUT2D eigenvalue weighted by Crippen LogP contribution is -2.30. The number of rotatable bonds is 2. The highest BCUT2D eigenvalue weighted by molar-refractivity contribution is 5.19. The minimum absolute atomic E-state index is 0.191. The lowest BCUT2D eigenvalue weighted by molar-refractivity contribution is -0.220. The van der Waals surface area contributed by atoms with Gasteiger partial charge in [-0.05, 0) is 18.4 Å². The van der Waals surface area contributed by atoms with Gasteiger partial charge in [-0.1, -0.05) is 30.3 Å². The monoisotopic (exact) mass is 193 g/mol. The highest BCUT2D eigenvalue weighted by Gasteiger charge is 2.33. The normalized spacial score (nSPS) is 28.1. The van der Waals surface area contributed by atoms with Crippen LogP contribution in [-0.2, 0) is 4.84 Å². The third-order valence-electron chi connectivity index (χ3n) is 2.69. The second kappa shape index (κ2) is 4.09. The van der Waals surface area contributed by atoms with Gasteiger partial charge < -0.3 is 5.11 Å². The van der Waals surface area contributed by atoms with Gasteiger partial charge in [-0.25, -0.2) is 0 Å². The smallest absolute Gasteiger partial charge is 0.130 e. The highest BCUT2D eigenvalue weighted by atomic mass is 16.7. The zero-order chi connectivity index (χ0) is 9.97. The maximum Gasteiger partial charge on any atom is 0.130 e. The molecule has 3 nitrogen and oxygen atoms in total. The molecule has 2 rings (SSSR count). The summed E-state index contributed by atoms with van der Waals surface area (Å²) in [4.78, 5) is 5.17. The first-order valence-corrected chi connectivity index (χ1v) is 4.88. The molecule has 1 aliphatic rings. The van der Waals surface area contributed by atoms with Crippen LogP contribution in [-0.4, -0.2) is 23.5 Å². The zero-order valence-electron chi connectivity index (χ0n) is 8.26. The molecular formula is C11H15NO2. The molecule has 0 amide bonds. The number of benzene rings is 1. The van der Waals surface area contributed by atoms with Crippen LogP contribution in [0.4, 0.5) is 0 Å². The molecule has 1 aromatic rings. The number of nitrogens with zero attached hydrogens (tertiary/aromatic N) is 1. The van der Waals surface area contributed by atoms with Gasteiger partial charge in [-0.3, -0.25) is 4.84 Å². The van der Waals surface area contributed by atoms with Crippen molar-refractivity contribution in [2.45, 2.75) is 25.1 Å². The van der Waals surface area contributed by atoms with Crippen LogP contribution < -0.4 is 0 Å². The largest absolute Gasteiger partial charge is 0.376 e. The Labute approximate surface area is 83.9 Å². The number of aliphatic hydroxyl groups is 1. The quantitative estimate of drug-likeness (QED) is 0.776. The Bertz CT molecular complexity index is 289. The molecule has 1 aromatic carbocycles. The predicted octanol–water partition coefficient (Wildman–Crippen LogP) is 1.70. The van der Waals surface area contributed by atoms with Gasteiger partial charge in [0, 0.05) is 0 Å². The van der Waals surface area contributed by atoms with Gasteiger partial charge in [0.25, 0.3) is 0 Å². The average molecular weight is 193 g/mol. The van der Waals surface area contributed by atoms with Gasteiger partial charge in [-0.2, -0.15) is 5.06 Å². The predicted molar refractivity (Wildman–Crippen MR) is 53.3 cm³/mol. The Balaban J connectivity index is 2.19. The third-order valence-corrected chi connectivity index (χ3v) is 2.69. The van der Waals surface area contributed by atoms with Crippen LogP contribution in [0.2, 0.25) is 0 Å². The van der Waals surface area contributed by atoms with Crippen LogP contribution in [0.5, 0.6) is 0 Å². The summed E-state index contributed by atoms with van der Waals surface area (Å²) in [6.45, 7) is 0. The standard InChI is InChI=1S/C11H15NO2/c1-14-12-10(7-8-11(12)13)9-5-3-2-4-6-9/h2-6,10-11,13H,7-8H2,1H3/t10-,11?/m0/s1. The first-order valence-electron chi connectivity index (χ1n) is 4.88. The molecule has 1 saturated heterocycles. The van der Waals surface area contributed by atoms with Gasteiger partial charge in [0.15, 0.2) is 0 Å². The number of hydrogen-bond donors (Lipinski definition) is 1. The van der Waals surface area contributed by atoms with Crippen molar-refractivity contribution in [3.8, 4) is 0 Å². The molecule has 76 valence electrons. The fourth-order valence-electron chi connectivity index (χ4n) is 2.01. The lowest BCUT2D eigenvalue weighted by Gasteiger charge is -2.24. The van der Waals surface area contributed by atoms with Crippen molar-refractivity contribution in [2.24, 2.45) is 0 Å². The summed E-state index contributed by atoms with van der Waals surface area (Å²) in [5.74, 6) is 0. The van der Waals surface area contributed by atoms with E-state index in [0.29, 0.717) is 0 Å². The van der Waals surface area contributed by atoms with Crippen LogP contribution in [0.1, 0.15) is 24.4 Å². The van der Waals surface area contributed by atoms with Crippen molar-refractivity contribution in [2.75, 3.05) is 7.11 Å². The Morgan fingerprint density at radius 1 is 1.29 bits per heavy atom. The van der Waals surface area contributed by atoms with Crippen LogP contribution in [0.15, 0.2) is 30.3 Å². The summed E-state index contributed by atoms with van der Waals surface area (Å²) in [6.07, 6.45) is 1.25. The van der Waals surface area contributed by atoms with E-state index in [-0.39, 0.29) is 6.04 Å². The van der Waals surface area contributed by atoms with E-state index in [4.69, 9.17) is 4.84 Å². The summed E-state index contributed by atoms with van der Waals surface area (Å²) in [5.41, 5.74) is 1.20. The SMILES string of the molecule is CON1C(O)CC[C@H]1c1ccccc1. The molecule has 2 atom stereocenters. The minimum Gasteiger partial charge on any atom is -0.376 e. The number of hydrogen-bond acceptors (Lipinski definition) is 3. The molecule has 1 heterocycles. The fourth-order valence-corrected chi connectivity index (χ4v) is 2.01. The molecule has 1 N–H and O–H groups in total. The van der Waals surface area contributed by atoms with E-state index in [1.807, 2.05) is 18.2 Å². The van der Waals surface area contributed by atoms with Crippen LogP contribution in [0, 0.1) is 0 Å². The zero-order valence-corrected chi connectivity index (χ0v) is 8.26. The molecule has 0 bridgehead atoms. The van der Waals surface area contributed by atoms with E-state index in [9.17, 15) is 5.11 Å². The number of aliphatic hydroxyl groups excluding tert-OH is 1. The first kappa shape index (κ1) is 9.65. The number of hydroxylamine groups is 2. The van der Waals surface area contributed by atoms with Crippen LogP contribution in [0.25, 0.3) is 0 Å². The van der Waals surface area contributed by atoms with Gasteiger partial charge in [-0.15, -0.1) is 0 Å². The van der Waals surface area contributed by atoms with E-state index in [1.54, 1.807) is 12.2 Å². The van der Waals surface area contributed by atoms with Crippen LogP contribution in [0.3, 0.4) is 0 Å².